The number of hydrazone groups is 1. The minimum atomic E-state index is -0.631. The zero-order valence-electron chi connectivity index (χ0n) is 16.3. The number of hydrogen-bond acceptors (Lipinski definition) is 4. The predicted molar refractivity (Wildman–Crippen MR) is 118 cm³/mol. The van der Waals surface area contributed by atoms with E-state index in [1.165, 1.54) is 24.4 Å². The maximum atomic E-state index is 13.7. The summed E-state index contributed by atoms with van der Waals surface area (Å²) in [6, 6.07) is 19.1. The molecule has 3 aromatic carbocycles. The van der Waals surface area contributed by atoms with Gasteiger partial charge in [-0.05, 0) is 52.7 Å². The SMILES string of the molecule is CCOc1cc(/C=N\NC(=O)c2ccccc2F)c(Br)cc1OCc1ccccc1. The van der Waals surface area contributed by atoms with E-state index in [-0.39, 0.29) is 5.56 Å². The van der Waals surface area contributed by atoms with Gasteiger partial charge in [0.25, 0.3) is 5.91 Å². The summed E-state index contributed by atoms with van der Waals surface area (Å²) in [4.78, 5) is 12.1. The summed E-state index contributed by atoms with van der Waals surface area (Å²) in [5.41, 5.74) is 3.96. The van der Waals surface area contributed by atoms with Crippen LogP contribution >= 0.6 is 15.9 Å². The first-order chi connectivity index (χ1) is 14.6. The van der Waals surface area contributed by atoms with Gasteiger partial charge >= 0.3 is 0 Å². The van der Waals surface area contributed by atoms with Crippen molar-refractivity contribution in [1.82, 2.24) is 5.43 Å². The summed E-state index contributed by atoms with van der Waals surface area (Å²) in [5.74, 6) is -0.100. The second kappa shape index (κ2) is 10.5. The number of halogens is 2. The summed E-state index contributed by atoms with van der Waals surface area (Å²) in [6.07, 6.45) is 1.45. The van der Waals surface area contributed by atoms with Crippen LogP contribution in [0.15, 0.2) is 76.3 Å². The van der Waals surface area contributed by atoms with Crippen LogP contribution in [0.1, 0.15) is 28.4 Å². The van der Waals surface area contributed by atoms with Crippen LogP contribution in [0.5, 0.6) is 11.5 Å². The molecule has 0 spiro atoms. The Morgan fingerprint density at radius 2 is 1.77 bits per heavy atom. The monoisotopic (exact) mass is 470 g/mol. The highest BCUT2D eigenvalue weighted by Gasteiger charge is 2.12. The molecule has 5 nitrogen and oxygen atoms in total. The molecule has 7 heteroatoms. The van der Waals surface area contributed by atoms with Gasteiger partial charge in [-0.1, -0.05) is 42.5 Å². The Morgan fingerprint density at radius 3 is 2.50 bits per heavy atom. The third-order valence-corrected chi connectivity index (χ3v) is 4.78. The predicted octanol–water partition coefficient (Wildman–Crippen LogP) is 5.33. The van der Waals surface area contributed by atoms with Crippen molar-refractivity contribution < 1.29 is 18.7 Å². The first kappa shape index (κ1) is 21.5. The van der Waals surface area contributed by atoms with Crippen LogP contribution in [0, 0.1) is 5.82 Å². The minimum absolute atomic E-state index is 0.0756. The summed E-state index contributed by atoms with van der Waals surface area (Å²) < 4.78 is 26.0. The van der Waals surface area contributed by atoms with Gasteiger partial charge in [-0.15, -0.1) is 0 Å². The van der Waals surface area contributed by atoms with Crippen molar-refractivity contribution in [3.8, 4) is 11.5 Å². The smallest absolute Gasteiger partial charge is 0.274 e. The molecule has 0 aliphatic rings. The van der Waals surface area contributed by atoms with Gasteiger partial charge in [0.15, 0.2) is 11.5 Å². The molecule has 1 N–H and O–H groups in total. The van der Waals surface area contributed by atoms with E-state index in [4.69, 9.17) is 9.47 Å². The number of hydrogen-bond donors (Lipinski definition) is 1. The van der Waals surface area contributed by atoms with Crippen LogP contribution in [0.4, 0.5) is 4.39 Å². The molecule has 0 aliphatic carbocycles. The number of carbonyl (C=O) groups excluding carboxylic acids is 1. The summed E-state index contributed by atoms with van der Waals surface area (Å²) in [6.45, 7) is 2.74. The van der Waals surface area contributed by atoms with Crippen LogP contribution in [-0.2, 0) is 6.61 Å². The molecule has 0 saturated heterocycles. The van der Waals surface area contributed by atoms with E-state index in [2.05, 4.69) is 26.5 Å². The van der Waals surface area contributed by atoms with Crippen LogP contribution in [0.25, 0.3) is 0 Å². The number of amides is 1. The molecule has 30 heavy (non-hydrogen) atoms. The van der Waals surface area contributed by atoms with Gasteiger partial charge in [-0.3, -0.25) is 4.79 Å². The molecule has 1 amide bonds. The minimum Gasteiger partial charge on any atom is -0.490 e. The lowest BCUT2D eigenvalue weighted by molar-refractivity contribution is 0.0951. The molecule has 0 radical (unpaired) electrons. The van der Waals surface area contributed by atoms with Crippen LogP contribution < -0.4 is 14.9 Å². The third kappa shape index (κ3) is 5.67. The Kier molecular flexibility index (Phi) is 7.57. The Balaban J connectivity index is 1.73. The van der Waals surface area contributed by atoms with Gasteiger partial charge in [0.2, 0.25) is 0 Å². The zero-order chi connectivity index (χ0) is 21.3. The lowest BCUT2D eigenvalue weighted by atomic mass is 10.2. The molecule has 0 bridgehead atoms. The van der Waals surface area contributed by atoms with E-state index in [9.17, 15) is 9.18 Å². The van der Waals surface area contributed by atoms with Crippen molar-refractivity contribution in [2.75, 3.05) is 6.61 Å². The van der Waals surface area contributed by atoms with Gasteiger partial charge in [-0.25, -0.2) is 9.82 Å². The molecule has 0 saturated carbocycles. The molecular weight excluding hydrogens is 451 g/mol. The van der Waals surface area contributed by atoms with E-state index >= 15 is 0 Å². The first-order valence-corrected chi connectivity index (χ1v) is 10.1. The highest BCUT2D eigenvalue weighted by Crippen LogP contribution is 2.33. The highest BCUT2D eigenvalue weighted by atomic mass is 79.9. The summed E-state index contributed by atoms with van der Waals surface area (Å²) in [7, 11) is 0. The number of carbonyl (C=O) groups is 1. The second-order valence-electron chi connectivity index (χ2n) is 6.21. The van der Waals surface area contributed by atoms with Crippen molar-refractivity contribution in [1.29, 1.82) is 0 Å². The molecule has 0 atom stereocenters. The number of nitrogens with one attached hydrogen (secondary N) is 1. The quantitative estimate of drug-likeness (QED) is 0.357. The normalized spacial score (nSPS) is 10.8. The molecule has 0 fully saturated rings. The Labute approximate surface area is 182 Å². The third-order valence-electron chi connectivity index (χ3n) is 4.09. The average Bonchev–Trinajstić information content (AvgIpc) is 2.75. The first-order valence-electron chi connectivity index (χ1n) is 9.29. The molecule has 3 rings (SSSR count). The molecule has 0 heterocycles. The maximum absolute atomic E-state index is 13.7. The fraction of sp³-hybridized carbons (Fsp3) is 0.130. The van der Waals surface area contributed by atoms with Gasteiger partial charge in [-0.2, -0.15) is 5.10 Å². The number of rotatable bonds is 8. The number of ether oxygens (including phenoxy) is 2. The Bertz CT molecular complexity index is 1040. The Morgan fingerprint density at radius 1 is 1.07 bits per heavy atom. The molecule has 3 aromatic rings. The van der Waals surface area contributed by atoms with E-state index in [0.717, 1.165) is 5.56 Å². The highest BCUT2D eigenvalue weighted by molar-refractivity contribution is 9.10. The maximum Gasteiger partial charge on any atom is 0.274 e. The summed E-state index contributed by atoms with van der Waals surface area (Å²) in [5, 5.41) is 3.93. The zero-order valence-corrected chi connectivity index (χ0v) is 17.9. The topological polar surface area (TPSA) is 59.9 Å². The fourth-order valence-corrected chi connectivity index (χ4v) is 3.06. The number of nitrogens with zero attached hydrogens (tertiary/aromatic N) is 1. The summed E-state index contributed by atoms with van der Waals surface area (Å²) >= 11 is 3.48. The van der Waals surface area contributed by atoms with Gasteiger partial charge in [0.1, 0.15) is 12.4 Å². The second-order valence-corrected chi connectivity index (χ2v) is 7.06. The van der Waals surface area contributed by atoms with Crippen molar-refractivity contribution in [2.24, 2.45) is 5.10 Å². The van der Waals surface area contributed by atoms with E-state index in [0.29, 0.717) is 34.7 Å². The van der Waals surface area contributed by atoms with Crippen LogP contribution in [-0.4, -0.2) is 18.7 Å². The molecule has 0 aliphatic heterocycles. The fourth-order valence-electron chi connectivity index (χ4n) is 2.63. The van der Waals surface area contributed by atoms with E-state index < -0.39 is 11.7 Å². The lowest BCUT2D eigenvalue weighted by Crippen LogP contribution is -2.19. The lowest BCUT2D eigenvalue weighted by Gasteiger charge is -2.14. The standard InChI is InChI=1S/C23H20BrFN2O3/c1-2-29-21-12-17(14-26-27-23(28)18-10-6-7-11-20(18)25)19(24)13-22(21)30-15-16-8-4-3-5-9-16/h3-14H,2,15H2,1H3,(H,27,28)/b26-14-. The van der Waals surface area contributed by atoms with Gasteiger partial charge in [0.05, 0.1) is 18.4 Å². The van der Waals surface area contributed by atoms with Crippen LogP contribution in [0.3, 0.4) is 0 Å². The Hall–Kier alpha value is -3.19. The van der Waals surface area contributed by atoms with Gasteiger partial charge < -0.3 is 9.47 Å². The molecule has 0 aromatic heterocycles. The largest absolute Gasteiger partial charge is 0.490 e. The average molecular weight is 471 g/mol. The number of benzene rings is 3. The van der Waals surface area contributed by atoms with Crippen molar-refractivity contribution in [3.63, 3.8) is 0 Å². The van der Waals surface area contributed by atoms with Crippen molar-refractivity contribution >= 4 is 28.1 Å². The van der Waals surface area contributed by atoms with Crippen molar-refractivity contribution in [3.05, 3.63) is 93.7 Å². The molecule has 154 valence electrons. The van der Waals surface area contributed by atoms with E-state index in [1.54, 1.807) is 18.2 Å². The van der Waals surface area contributed by atoms with Crippen molar-refractivity contribution in [2.45, 2.75) is 13.5 Å². The molecule has 0 unspecified atom stereocenters. The van der Waals surface area contributed by atoms with Gasteiger partial charge in [0, 0.05) is 10.0 Å². The molecular formula is C23H20BrFN2O3. The van der Waals surface area contributed by atoms with E-state index in [1.807, 2.05) is 37.3 Å². The van der Waals surface area contributed by atoms with Crippen LogP contribution in [0.2, 0.25) is 0 Å².